The number of benzene rings is 3. The maximum atomic E-state index is 2.71. The number of anilines is 2. The summed E-state index contributed by atoms with van der Waals surface area (Å²) in [5.74, 6) is 2.37. The van der Waals surface area contributed by atoms with E-state index >= 15 is 0 Å². The molecule has 3 aromatic carbocycles. The summed E-state index contributed by atoms with van der Waals surface area (Å²) in [7, 11) is 0. The van der Waals surface area contributed by atoms with Crippen LogP contribution in [-0.4, -0.2) is 16.5 Å². The molecular formula is C50H43NS2. The van der Waals surface area contributed by atoms with Crippen molar-refractivity contribution in [1.29, 1.82) is 0 Å². The highest BCUT2D eigenvalue weighted by atomic mass is 32.2. The van der Waals surface area contributed by atoms with Gasteiger partial charge in [0.15, 0.2) is 0 Å². The van der Waals surface area contributed by atoms with Gasteiger partial charge < -0.3 is 4.90 Å². The number of para-hydroxylation sites is 1. The third kappa shape index (κ3) is 5.29. The Kier molecular flexibility index (Phi) is 7.94. The van der Waals surface area contributed by atoms with Gasteiger partial charge >= 0.3 is 0 Å². The molecule has 1 nitrogen and oxygen atoms in total. The third-order valence-corrected chi connectivity index (χ3v) is 15.7. The summed E-state index contributed by atoms with van der Waals surface area (Å²) in [5, 5.41) is 0.947. The molecule has 3 heterocycles. The maximum Gasteiger partial charge on any atom is 0.0629 e. The Hall–Kier alpha value is -4.44. The molecule has 1 fully saturated rings. The SMILES string of the molecule is C1=CCCC(C2=CC3C(C=C2)SC2C=CC=CC2C3C2C3=C(C=CCC3c3ccc4c(c3)N(c3ccccc3)C3C=CC=CC43)Sc3ccccc32)=C1. The number of allylic oxidation sites excluding steroid dienone is 15. The monoisotopic (exact) mass is 721 g/mol. The third-order valence-electron chi connectivity index (χ3n) is 12.9. The minimum atomic E-state index is 0.299. The first-order chi connectivity index (χ1) is 26.3. The normalized spacial score (nSPS) is 32.7. The smallest absolute Gasteiger partial charge is 0.0629 e. The Balaban J connectivity index is 1.07. The van der Waals surface area contributed by atoms with Gasteiger partial charge in [0.2, 0.25) is 0 Å². The lowest BCUT2D eigenvalue weighted by Gasteiger charge is -2.51. The highest BCUT2D eigenvalue weighted by Crippen LogP contribution is 2.62. The minimum Gasteiger partial charge on any atom is -0.333 e. The summed E-state index contributed by atoms with van der Waals surface area (Å²) in [6.45, 7) is 0. The van der Waals surface area contributed by atoms with Gasteiger partial charge in [-0.15, -0.1) is 11.8 Å². The Morgan fingerprint density at radius 1 is 0.698 bits per heavy atom. The van der Waals surface area contributed by atoms with E-state index in [1.54, 1.807) is 5.57 Å². The summed E-state index contributed by atoms with van der Waals surface area (Å²) in [6.07, 6.45) is 41.9. The van der Waals surface area contributed by atoms with Crippen molar-refractivity contribution in [2.75, 3.05) is 4.90 Å². The van der Waals surface area contributed by atoms with Crippen molar-refractivity contribution in [2.45, 2.75) is 58.5 Å². The lowest BCUT2D eigenvalue weighted by Crippen LogP contribution is -2.45. The van der Waals surface area contributed by atoms with Crippen LogP contribution in [0.2, 0.25) is 0 Å². The van der Waals surface area contributed by atoms with E-state index in [1.165, 1.54) is 49.0 Å². The summed E-state index contributed by atoms with van der Waals surface area (Å²) < 4.78 is 0. The number of hydrogen-bond acceptors (Lipinski definition) is 3. The molecule has 0 aromatic heterocycles. The van der Waals surface area contributed by atoms with Gasteiger partial charge in [-0.3, -0.25) is 0 Å². The zero-order valence-corrected chi connectivity index (χ0v) is 31.4. The van der Waals surface area contributed by atoms with Gasteiger partial charge in [-0.2, -0.15) is 0 Å². The standard InChI is InChI=1S/C50H43NS2/c1-3-14-32(15-4-1)33-27-29-46-41(30-33)48(39-19-8-11-23-44(39)52-46)50-40-20-9-12-24-45(40)53-47-25-13-21-36(49(47)50)34-26-28-38-37-18-7-10-22-42(37)51(43(38)31-34)35-16-5-2-6-17-35/h1-3,5-14,16-20,22-31,36-37,39,41-42,44,46,48,50H,4,15,21H2. The van der Waals surface area contributed by atoms with Crippen molar-refractivity contribution < 1.29 is 0 Å². The van der Waals surface area contributed by atoms with E-state index in [1.807, 2.05) is 11.8 Å². The molecule has 0 radical (unpaired) electrons. The quantitative estimate of drug-likeness (QED) is 0.264. The molecule has 5 aliphatic carbocycles. The largest absolute Gasteiger partial charge is 0.333 e. The lowest BCUT2D eigenvalue weighted by molar-refractivity contribution is 0.257. The molecule has 8 aliphatic rings. The van der Waals surface area contributed by atoms with Gasteiger partial charge in [0, 0.05) is 49.4 Å². The van der Waals surface area contributed by atoms with Crippen LogP contribution in [0.15, 0.2) is 197 Å². The van der Waals surface area contributed by atoms with Crippen molar-refractivity contribution in [3.8, 4) is 0 Å². The molecule has 0 bridgehead atoms. The van der Waals surface area contributed by atoms with Gasteiger partial charge in [-0.05, 0) is 94.7 Å². The van der Waals surface area contributed by atoms with Gasteiger partial charge in [0.05, 0.1) is 6.04 Å². The van der Waals surface area contributed by atoms with Crippen LogP contribution in [0.3, 0.4) is 0 Å². The average Bonchev–Trinajstić information content (AvgIpc) is 3.56. The Bertz CT molecular complexity index is 2290. The van der Waals surface area contributed by atoms with Gasteiger partial charge in [0.25, 0.3) is 0 Å². The molecule has 0 spiro atoms. The summed E-state index contributed by atoms with van der Waals surface area (Å²) in [5.41, 5.74) is 11.7. The van der Waals surface area contributed by atoms with E-state index in [-0.39, 0.29) is 0 Å². The van der Waals surface area contributed by atoms with Crippen molar-refractivity contribution in [3.05, 3.63) is 208 Å². The zero-order valence-electron chi connectivity index (χ0n) is 29.7. The van der Waals surface area contributed by atoms with E-state index in [0.29, 0.717) is 52.0 Å². The van der Waals surface area contributed by atoms with E-state index in [4.69, 9.17) is 0 Å². The van der Waals surface area contributed by atoms with Gasteiger partial charge in [-0.25, -0.2) is 0 Å². The molecule has 3 aliphatic heterocycles. The van der Waals surface area contributed by atoms with E-state index in [9.17, 15) is 0 Å². The molecule has 0 saturated carbocycles. The predicted octanol–water partition coefficient (Wildman–Crippen LogP) is 12.8. The van der Waals surface area contributed by atoms with E-state index in [0.717, 1.165) is 19.3 Å². The van der Waals surface area contributed by atoms with Gasteiger partial charge in [-0.1, -0.05) is 158 Å². The highest BCUT2D eigenvalue weighted by molar-refractivity contribution is 8.03. The minimum absolute atomic E-state index is 0.299. The van der Waals surface area contributed by atoms with Crippen molar-refractivity contribution in [2.24, 2.45) is 17.8 Å². The second-order valence-electron chi connectivity index (χ2n) is 15.6. The maximum absolute atomic E-state index is 2.71. The van der Waals surface area contributed by atoms with Crippen LogP contribution in [0.5, 0.6) is 0 Å². The molecule has 9 atom stereocenters. The highest BCUT2D eigenvalue weighted by Gasteiger charge is 2.51. The number of nitrogens with zero attached hydrogens (tertiary/aromatic N) is 1. The number of hydrogen-bond donors (Lipinski definition) is 0. The molecule has 0 N–H and O–H groups in total. The van der Waals surface area contributed by atoms with Crippen molar-refractivity contribution in [3.63, 3.8) is 0 Å². The average molecular weight is 722 g/mol. The second-order valence-corrected chi connectivity index (χ2v) is 18.1. The Morgan fingerprint density at radius 2 is 1.55 bits per heavy atom. The second kappa shape index (κ2) is 13.1. The molecule has 11 rings (SSSR count). The first kappa shape index (κ1) is 32.0. The van der Waals surface area contributed by atoms with Crippen molar-refractivity contribution in [1.82, 2.24) is 0 Å². The Labute approximate surface area is 322 Å². The van der Waals surface area contributed by atoms with Crippen LogP contribution in [0, 0.1) is 17.8 Å². The fourth-order valence-electron chi connectivity index (χ4n) is 10.7. The van der Waals surface area contributed by atoms with Crippen LogP contribution in [-0.2, 0) is 0 Å². The first-order valence-corrected chi connectivity index (χ1v) is 21.3. The lowest BCUT2D eigenvalue weighted by atomic mass is 9.61. The van der Waals surface area contributed by atoms with Crippen LogP contribution in [0.1, 0.15) is 53.7 Å². The number of fused-ring (bicyclic) bond motifs is 6. The van der Waals surface area contributed by atoms with Crippen LogP contribution >= 0.6 is 23.5 Å². The van der Waals surface area contributed by atoms with E-state index in [2.05, 4.69) is 187 Å². The number of thioether (sulfide) groups is 2. The predicted molar refractivity (Wildman–Crippen MR) is 226 cm³/mol. The Morgan fingerprint density at radius 3 is 2.47 bits per heavy atom. The molecular weight excluding hydrogens is 679 g/mol. The molecule has 0 amide bonds. The van der Waals surface area contributed by atoms with Crippen molar-refractivity contribution >= 4 is 34.9 Å². The van der Waals surface area contributed by atoms with E-state index < -0.39 is 0 Å². The molecule has 53 heavy (non-hydrogen) atoms. The fraction of sp³-hybridized carbons (Fsp3) is 0.240. The van der Waals surface area contributed by atoms with Crippen LogP contribution < -0.4 is 4.90 Å². The van der Waals surface area contributed by atoms with Crippen LogP contribution in [0.25, 0.3) is 0 Å². The molecule has 260 valence electrons. The first-order valence-electron chi connectivity index (χ1n) is 19.6. The molecule has 1 saturated heterocycles. The molecule has 3 heteroatoms. The van der Waals surface area contributed by atoms with Gasteiger partial charge in [0.1, 0.15) is 0 Å². The summed E-state index contributed by atoms with van der Waals surface area (Å²) >= 11 is 4.20. The molecule has 9 unspecified atom stereocenters. The zero-order chi connectivity index (χ0) is 34.9. The fourth-order valence-corrected chi connectivity index (χ4v) is 13.5. The van der Waals surface area contributed by atoms with Crippen LogP contribution in [0.4, 0.5) is 11.4 Å². The summed E-state index contributed by atoms with van der Waals surface area (Å²) in [6, 6.07) is 28.3. The summed E-state index contributed by atoms with van der Waals surface area (Å²) in [4.78, 5) is 5.51. The topological polar surface area (TPSA) is 3.24 Å². The molecule has 3 aromatic rings. The number of rotatable bonds is 4.